The Bertz CT molecular complexity index is 422. The van der Waals surface area contributed by atoms with Crippen molar-refractivity contribution in [2.75, 3.05) is 0 Å². The Kier molecular flexibility index (Phi) is 17.4. The second-order valence-corrected chi connectivity index (χ2v) is 13.4. The van der Waals surface area contributed by atoms with Gasteiger partial charge in [-0.25, -0.2) is 0 Å². The van der Waals surface area contributed by atoms with Gasteiger partial charge in [-0.15, -0.1) is 0 Å². The highest BCUT2D eigenvalue weighted by Crippen LogP contribution is 2.36. The molecule has 0 saturated heterocycles. The quantitative estimate of drug-likeness (QED) is 0.173. The van der Waals surface area contributed by atoms with Crippen LogP contribution in [0.2, 0.25) is 0 Å². The molecular weight excluding hydrogens is 384 g/mol. The summed E-state index contributed by atoms with van der Waals surface area (Å²) in [5.41, 5.74) is 0.569. The SMILES string of the molecule is CC[C@](C)(CCC[C@H](C)CC[C@H](C)C(C)C)CC[C@H](C)CCC[C@H](C)CC[C@@H](C)C(C)C. The molecule has 0 aromatic rings. The summed E-state index contributed by atoms with van der Waals surface area (Å²) in [5.74, 6) is 6.16. The lowest BCUT2D eigenvalue weighted by atomic mass is 9.75. The van der Waals surface area contributed by atoms with Crippen LogP contribution in [0, 0.1) is 46.8 Å². The summed E-state index contributed by atoms with van der Waals surface area (Å²) in [6.45, 7) is 26.8. The first kappa shape index (κ1) is 32.0. The van der Waals surface area contributed by atoms with Crippen molar-refractivity contribution in [3.8, 4) is 0 Å². The van der Waals surface area contributed by atoms with Gasteiger partial charge in [-0.1, -0.05) is 147 Å². The Morgan fingerprint density at radius 1 is 0.469 bits per heavy atom. The van der Waals surface area contributed by atoms with Gasteiger partial charge in [0.25, 0.3) is 0 Å². The zero-order valence-electron chi connectivity index (χ0n) is 24.7. The highest BCUT2D eigenvalue weighted by Gasteiger charge is 2.23. The largest absolute Gasteiger partial charge is 0.0649 e. The number of hydrogen-bond acceptors (Lipinski definition) is 0. The zero-order chi connectivity index (χ0) is 24.7. The fraction of sp³-hybridized carbons (Fsp3) is 1.00. The first-order chi connectivity index (χ1) is 14.9. The Labute approximate surface area is 206 Å². The summed E-state index contributed by atoms with van der Waals surface area (Å²) in [6, 6.07) is 0. The Hall–Kier alpha value is 0. The molecular formula is C32H66. The molecule has 0 N–H and O–H groups in total. The van der Waals surface area contributed by atoms with E-state index in [0.29, 0.717) is 5.41 Å². The van der Waals surface area contributed by atoms with Gasteiger partial charge in [0.2, 0.25) is 0 Å². The standard InChI is InChI=1S/C32H66/c1-12-32(11,23-14-17-28(7)19-21-31(10)26(4)5)24-22-29(8)16-13-15-27(6)18-20-30(9)25(2)3/h25-31H,12-24H2,1-11H3/t27-,28-,29+,30+,31-,32+/m0/s1. The van der Waals surface area contributed by atoms with Crippen LogP contribution >= 0.6 is 0 Å². The van der Waals surface area contributed by atoms with Gasteiger partial charge in [-0.05, 0) is 59.7 Å². The van der Waals surface area contributed by atoms with E-state index in [-0.39, 0.29) is 0 Å². The Morgan fingerprint density at radius 3 is 1.28 bits per heavy atom. The van der Waals surface area contributed by atoms with Crippen molar-refractivity contribution in [2.45, 2.75) is 160 Å². The molecule has 0 amide bonds. The van der Waals surface area contributed by atoms with Gasteiger partial charge in [0.05, 0.1) is 0 Å². The summed E-state index contributed by atoms with van der Waals surface area (Å²) < 4.78 is 0. The van der Waals surface area contributed by atoms with Crippen molar-refractivity contribution < 1.29 is 0 Å². The van der Waals surface area contributed by atoms with Crippen LogP contribution in [0.4, 0.5) is 0 Å². The molecule has 6 atom stereocenters. The lowest BCUT2D eigenvalue weighted by molar-refractivity contribution is 0.219. The van der Waals surface area contributed by atoms with E-state index < -0.39 is 0 Å². The molecule has 32 heavy (non-hydrogen) atoms. The lowest BCUT2D eigenvalue weighted by Crippen LogP contribution is -2.17. The molecule has 0 unspecified atom stereocenters. The van der Waals surface area contributed by atoms with E-state index in [1.54, 1.807) is 0 Å². The van der Waals surface area contributed by atoms with Crippen molar-refractivity contribution in [2.24, 2.45) is 46.8 Å². The van der Waals surface area contributed by atoms with Gasteiger partial charge in [0, 0.05) is 0 Å². The molecule has 0 aliphatic rings. The molecule has 194 valence electrons. The molecule has 0 aromatic heterocycles. The van der Waals surface area contributed by atoms with E-state index in [0.717, 1.165) is 41.4 Å². The Morgan fingerprint density at radius 2 is 0.875 bits per heavy atom. The fourth-order valence-corrected chi connectivity index (χ4v) is 4.96. The van der Waals surface area contributed by atoms with Crippen LogP contribution in [0.15, 0.2) is 0 Å². The van der Waals surface area contributed by atoms with Crippen LogP contribution in [-0.4, -0.2) is 0 Å². The molecule has 0 saturated carbocycles. The van der Waals surface area contributed by atoms with Gasteiger partial charge >= 0.3 is 0 Å². The first-order valence-electron chi connectivity index (χ1n) is 14.9. The fourth-order valence-electron chi connectivity index (χ4n) is 4.96. The maximum Gasteiger partial charge on any atom is -0.0328 e. The van der Waals surface area contributed by atoms with E-state index in [1.807, 2.05) is 0 Å². The van der Waals surface area contributed by atoms with Crippen LogP contribution in [0.25, 0.3) is 0 Å². The zero-order valence-corrected chi connectivity index (χ0v) is 24.7. The molecule has 0 heteroatoms. The minimum atomic E-state index is 0.569. The molecule has 0 radical (unpaired) electrons. The minimum absolute atomic E-state index is 0.569. The maximum absolute atomic E-state index is 2.57. The van der Waals surface area contributed by atoms with Crippen molar-refractivity contribution in [3.63, 3.8) is 0 Å². The van der Waals surface area contributed by atoms with Gasteiger partial charge < -0.3 is 0 Å². The van der Waals surface area contributed by atoms with Crippen LogP contribution in [0.5, 0.6) is 0 Å². The molecule has 0 aliphatic carbocycles. The van der Waals surface area contributed by atoms with E-state index in [4.69, 9.17) is 0 Å². The first-order valence-corrected chi connectivity index (χ1v) is 14.9. The van der Waals surface area contributed by atoms with Crippen molar-refractivity contribution in [1.29, 1.82) is 0 Å². The van der Waals surface area contributed by atoms with Crippen LogP contribution in [0.1, 0.15) is 160 Å². The van der Waals surface area contributed by atoms with Gasteiger partial charge in [0.15, 0.2) is 0 Å². The highest BCUT2D eigenvalue weighted by atomic mass is 14.3. The molecule has 0 aliphatic heterocycles. The lowest BCUT2D eigenvalue weighted by Gasteiger charge is -2.30. The van der Waals surface area contributed by atoms with Crippen molar-refractivity contribution in [3.05, 3.63) is 0 Å². The average molecular weight is 451 g/mol. The van der Waals surface area contributed by atoms with Gasteiger partial charge in [-0.2, -0.15) is 0 Å². The summed E-state index contributed by atoms with van der Waals surface area (Å²) in [7, 11) is 0. The van der Waals surface area contributed by atoms with E-state index >= 15 is 0 Å². The third kappa shape index (κ3) is 15.8. The van der Waals surface area contributed by atoms with E-state index in [2.05, 4.69) is 76.2 Å². The average Bonchev–Trinajstić information content (AvgIpc) is 2.74. The summed E-state index contributed by atoms with van der Waals surface area (Å²) in [4.78, 5) is 0. The molecule has 0 heterocycles. The highest BCUT2D eigenvalue weighted by molar-refractivity contribution is 4.75. The molecule has 0 nitrogen and oxygen atoms in total. The molecule has 0 spiro atoms. The number of hydrogen-bond donors (Lipinski definition) is 0. The Balaban J connectivity index is 4.06. The summed E-state index contributed by atoms with van der Waals surface area (Å²) >= 11 is 0. The van der Waals surface area contributed by atoms with Gasteiger partial charge in [-0.3, -0.25) is 0 Å². The second kappa shape index (κ2) is 17.4. The predicted molar refractivity (Wildman–Crippen MR) is 149 cm³/mol. The molecule has 0 rings (SSSR count). The van der Waals surface area contributed by atoms with E-state index in [9.17, 15) is 0 Å². The van der Waals surface area contributed by atoms with Gasteiger partial charge in [0.1, 0.15) is 0 Å². The van der Waals surface area contributed by atoms with Crippen LogP contribution < -0.4 is 0 Å². The topological polar surface area (TPSA) is 0 Å². The normalized spacial score (nSPS) is 19.0. The molecule has 0 aromatic carbocycles. The monoisotopic (exact) mass is 451 g/mol. The second-order valence-electron chi connectivity index (χ2n) is 13.4. The summed E-state index contributed by atoms with van der Waals surface area (Å²) in [5, 5.41) is 0. The number of rotatable bonds is 20. The van der Waals surface area contributed by atoms with E-state index in [1.165, 1.54) is 83.5 Å². The minimum Gasteiger partial charge on any atom is -0.0649 e. The third-order valence-electron chi connectivity index (χ3n) is 9.47. The van der Waals surface area contributed by atoms with Crippen LogP contribution in [0.3, 0.4) is 0 Å². The predicted octanol–water partition coefficient (Wildman–Crippen LogP) is 11.6. The summed E-state index contributed by atoms with van der Waals surface area (Å²) in [6.07, 6.45) is 18.5. The third-order valence-corrected chi connectivity index (χ3v) is 9.47. The molecule has 0 bridgehead atoms. The maximum atomic E-state index is 2.57. The van der Waals surface area contributed by atoms with Crippen LogP contribution in [-0.2, 0) is 0 Å². The van der Waals surface area contributed by atoms with Crippen molar-refractivity contribution >= 4 is 0 Å². The van der Waals surface area contributed by atoms with Crippen molar-refractivity contribution in [1.82, 2.24) is 0 Å². The molecule has 0 fully saturated rings. The smallest absolute Gasteiger partial charge is 0.0328 e.